The number of aliphatic carboxylic acids is 3. The van der Waals surface area contributed by atoms with Crippen molar-refractivity contribution in [1.82, 2.24) is 15.5 Å². The van der Waals surface area contributed by atoms with Crippen LogP contribution in [0.3, 0.4) is 0 Å². The zero-order valence-corrected chi connectivity index (χ0v) is 16.4. The maximum atomic E-state index is 12.5. The second kappa shape index (κ2) is 11.1. The van der Waals surface area contributed by atoms with E-state index in [4.69, 9.17) is 21.1 Å². The quantitative estimate of drug-likeness (QED) is 0.206. The molecule has 0 bridgehead atoms. The van der Waals surface area contributed by atoms with E-state index in [1.54, 1.807) is 0 Å². The summed E-state index contributed by atoms with van der Waals surface area (Å²) in [5, 5.41) is 30.8. The number of hydrogen-bond donors (Lipinski definition) is 6. The Labute approximate surface area is 171 Å². The molecule has 1 saturated heterocycles. The van der Waals surface area contributed by atoms with Gasteiger partial charge in [0.2, 0.25) is 17.7 Å². The highest BCUT2D eigenvalue weighted by molar-refractivity contribution is 5.94. The third-order valence-corrected chi connectivity index (χ3v) is 4.57. The second-order valence-corrected chi connectivity index (χ2v) is 6.96. The third kappa shape index (κ3) is 7.31. The molecule has 3 amide bonds. The van der Waals surface area contributed by atoms with Crippen LogP contribution in [0.2, 0.25) is 0 Å². The van der Waals surface area contributed by atoms with Crippen molar-refractivity contribution < 1.29 is 44.1 Å². The van der Waals surface area contributed by atoms with Gasteiger partial charge in [-0.1, -0.05) is 0 Å². The van der Waals surface area contributed by atoms with Crippen LogP contribution in [-0.2, 0) is 28.8 Å². The number of rotatable bonds is 11. The summed E-state index contributed by atoms with van der Waals surface area (Å²) >= 11 is 0. The smallest absolute Gasteiger partial charge is 0.326 e. The number of likely N-dealkylation sites (tertiary alicyclic amines) is 1. The minimum absolute atomic E-state index is 0.0853. The van der Waals surface area contributed by atoms with E-state index in [0.29, 0.717) is 12.8 Å². The first-order valence-corrected chi connectivity index (χ1v) is 9.27. The number of nitrogens with one attached hydrogen (secondary N) is 2. The number of carbonyl (C=O) groups excluding carboxylic acids is 3. The van der Waals surface area contributed by atoms with Crippen LogP contribution in [0.4, 0.5) is 0 Å². The summed E-state index contributed by atoms with van der Waals surface area (Å²) in [7, 11) is 0. The largest absolute Gasteiger partial charge is 0.481 e. The summed E-state index contributed by atoms with van der Waals surface area (Å²) in [6.45, 7) is 1.53. The Balaban J connectivity index is 2.69. The van der Waals surface area contributed by atoms with Crippen molar-refractivity contribution in [3.8, 4) is 0 Å². The molecule has 1 rings (SSSR count). The SMILES string of the molecule is CC(NC(=O)C1CCCN1C(=O)C(N)CCC(=O)O)C(=O)NC(CC(=O)O)C(=O)O. The van der Waals surface area contributed by atoms with Gasteiger partial charge in [0.05, 0.1) is 12.5 Å². The lowest BCUT2D eigenvalue weighted by Crippen LogP contribution is -2.56. The molecule has 0 aliphatic carbocycles. The molecular weight excluding hydrogens is 404 g/mol. The fourth-order valence-electron chi connectivity index (χ4n) is 2.97. The number of nitrogens with zero attached hydrogens (tertiary/aromatic N) is 1. The van der Waals surface area contributed by atoms with E-state index in [9.17, 15) is 28.8 Å². The van der Waals surface area contributed by atoms with Crippen molar-refractivity contribution in [1.29, 1.82) is 0 Å². The predicted molar refractivity (Wildman–Crippen MR) is 99.0 cm³/mol. The lowest BCUT2D eigenvalue weighted by atomic mass is 10.1. The van der Waals surface area contributed by atoms with Crippen LogP contribution >= 0.6 is 0 Å². The molecule has 168 valence electrons. The molecule has 1 fully saturated rings. The average Bonchev–Trinajstić information content (AvgIpc) is 3.14. The number of carboxylic acids is 3. The molecular formula is C17H26N4O9. The van der Waals surface area contributed by atoms with Gasteiger partial charge in [-0.3, -0.25) is 24.0 Å². The van der Waals surface area contributed by atoms with E-state index in [0.717, 1.165) is 0 Å². The fourth-order valence-corrected chi connectivity index (χ4v) is 2.97. The topological polar surface area (TPSA) is 216 Å². The van der Waals surface area contributed by atoms with Gasteiger partial charge >= 0.3 is 17.9 Å². The number of carboxylic acid groups (broad SMARTS) is 3. The first-order chi connectivity index (χ1) is 13.9. The maximum absolute atomic E-state index is 12.5. The Kier molecular flexibility index (Phi) is 9.17. The summed E-state index contributed by atoms with van der Waals surface area (Å²) in [5.41, 5.74) is 5.73. The minimum atomic E-state index is -1.66. The molecule has 7 N–H and O–H groups in total. The van der Waals surface area contributed by atoms with Crippen LogP contribution in [0, 0.1) is 0 Å². The minimum Gasteiger partial charge on any atom is -0.481 e. The monoisotopic (exact) mass is 430 g/mol. The van der Waals surface area contributed by atoms with Gasteiger partial charge in [0.25, 0.3) is 0 Å². The maximum Gasteiger partial charge on any atom is 0.326 e. The Morgan fingerprint density at radius 2 is 1.70 bits per heavy atom. The van der Waals surface area contributed by atoms with Gasteiger partial charge in [0, 0.05) is 13.0 Å². The first kappa shape index (κ1) is 24.8. The Hall–Kier alpha value is -3.22. The van der Waals surface area contributed by atoms with E-state index in [1.807, 2.05) is 5.32 Å². The molecule has 0 aromatic carbocycles. The summed E-state index contributed by atoms with van der Waals surface area (Å²) < 4.78 is 0. The number of hydrogen-bond acceptors (Lipinski definition) is 7. The molecule has 13 nitrogen and oxygen atoms in total. The van der Waals surface area contributed by atoms with E-state index in [-0.39, 0.29) is 19.4 Å². The van der Waals surface area contributed by atoms with Crippen molar-refractivity contribution in [3.63, 3.8) is 0 Å². The molecule has 4 atom stereocenters. The lowest BCUT2D eigenvalue weighted by molar-refractivity contribution is -0.147. The fraction of sp³-hybridized carbons (Fsp3) is 0.647. The van der Waals surface area contributed by atoms with Crippen molar-refractivity contribution in [2.75, 3.05) is 6.54 Å². The Morgan fingerprint density at radius 1 is 1.07 bits per heavy atom. The van der Waals surface area contributed by atoms with E-state index < -0.39 is 66.2 Å². The van der Waals surface area contributed by atoms with Crippen LogP contribution < -0.4 is 16.4 Å². The lowest BCUT2D eigenvalue weighted by Gasteiger charge is -2.27. The number of nitrogens with two attached hydrogens (primary N) is 1. The van der Waals surface area contributed by atoms with Crippen molar-refractivity contribution in [2.45, 2.75) is 63.2 Å². The highest BCUT2D eigenvalue weighted by Crippen LogP contribution is 2.19. The molecule has 13 heteroatoms. The molecule has 0 saturated carbocycles. The normalized spacial score (nSPS) is 18.7. The zero-order chi connectivity index (χ0) is 23.0. The third-order valence-electron chi connectivity index (χ3n) is 4.57. The molecule has 4 unspecified atom stereocenters. The molecule has 0 aromatic heterocycles. The Bertz CT molecular complexity index is 711. The molecule has 0 radical (unpaired) electrons. The predicted octanol–water partition coefficient (Wildman–Crippen LogP) is -2.28. The van der Waals surface area contributed by atoms with Gasteiger partial charge in [0.1, 0.15) is 18.1 Å². The zero-order valence-electron chi connectivity index (χ0n) is 16.4. The van der Waals surface area contributed by atoms with E-state index in [1.165, 1.54) is 11.8 Å². The molecule has 1 aliphatic rings. The summed E-state index contributed by atoms with van der Waals surface area (Å²) in [4.78, 5) is 70.7. The van der Waals surface area contributed by atoms with Gasteiger partial charge in [-0.05, 0) is 26.2 Å². The second-order valence-electron chi connectivity index (χ2n) is 6.96. The highest BCUT2D eigenvalue weighted by atomic mass is 16.4. The van der Waals surface area contributed by atoms with Crippen LogP contribution in [0.1, 0.15) is 39.0 Å². The molecule has 30 heavy (non-hydrogen) atoms. The van der Waals surface area contributed by atoms with E-state index in [2.05, 4.69) is 5.32 Å². The van der Waals surface area contributed by atoms with Crippen LogP contribution in [-0.4, -0.2) is 86.6 Å². The number of amides is 3. The van der Waals surface area contributed by atoms with Crippen LogP contribution in [0.15, 0.2) is 0 Å². The molecule has 0 spiro atoms. The van der Waals surface area contributed by atoms with Crippen LogP contribution in [0.25, 0.3) is 0 Å². The number of carbonyl (C=O) groups is 6. The van der Waals surface area contributed by atoms with E-state index >= 15 is 0 Å². The van der Waals surface area contributed by atoms with Gasteiger partial charge < -0.3 is 36.6 Å². The van der Waals surface area contributed by atoms with Crippen molar-refractivity contribution in [2.24, 2.45) is 5.73 Å². The van der Waals surface area contributed by atoms with Gasteiger partial charge in [-0.2, -0.15) is 0 Å². The Morgan fingerprint density at radius 3 is 2.23 bits per heavy atom. The average molecular weight is 430 g/mol. The van der Waals surface area contributed by atoms with Crippen molar-refractivity contribution >= 4 is 35.6 Å². The molecule has 1 aliphatic heterocycles. The summed E-state index contributed by atoms with van der Waals surface area (Å²) in [5.74, 6) is -6.18. The first-order valence-electron chi connectivity index (χ1n) is 9.27. The van der Waals surface area contributed by atoms with Gasteiger partial charge in [-0.15, -0.1) is 0 Å². The summed E-state index contributed by atoms with van der Waals surface area (Å²) in [6, 6.07) is -4.84. The molecule has 1 heterocycles. The van der Waals surface area contributed by atoms with Crippen molar-refractivity contribution in [3.05, 3.63) is 0 Å². The van der Waals surface area contributed by atoms with Crippen LogP contribution in [0.5, 0.6) is 0 Å². The molecule has 0 aromatic rings. The summed E-state index contributed by atoms with van der Waals surface area (Å²) in [6.07, 6.45) is -0.390. The van der Waals surface area contributed by atoms with Gasteiger partial charge in [-0.25, -0.2) is 4.79 Å². The van der Waals surface area contributed by atoms with Gasteiger partial charge in [0.15, 0.2) is 0 Å². The standard InChI is InChI=1S/C17H26N4O9/c1-8(14(26)20-10(17(29)30)7-13(24)25)19-15(27)11-3-2-6-21(11)16(28)9(18)4-5-12(22)23/h8-11H,2-7,18H2,1H3,(H,19,27)(H,20,26)(H,22,23)(H,24,25)(H,29,30). The highest BCUT2D eigenvalue weighted by Gasteiger charge is 2.37.